The molecule has 0 aliphatic heterocycles. The van der Waals surface area contributed by atoms with E-state index in [4.69, 9.17) is 21.8 Å². The van der Waals surface area contributed by atoms with Crippen LogP contribution in [0, 0.1) is 0 Å². The molecule has 2 N–H and O–H groups in total. The highest BCUT2D eigenvalue weighted by atomic mass is 35.5. The molecule has 0 aliphatic rings. The van der Waals surface area contributed by atoms with Gasteiger partial charge in [0, 0.05) is 0 Å². The van der Waals surface area contributed by atoms with Gasteiger partial charge in [0.15, 0.2) is 5.58 Å². The van der Waals surface area contributed by atoms with E-state index >= 15 is 0 Å². The number of carbonyl (C=O) groups is 1. The lowest BCUT2D eigenvalue weighted by atomic mass is 10.3. The number of fused-ring (bicyclic) bond motifs is 1. The Morgan fingerprint density at radius 2 is 2.31 bits per heavy atom. The first kappa shape index (κ1) is 8.07. The zero-order valence-electron chi connectivity index (χ0n) is 6.45. The molecule has 66 valence electrons. The maximum absolute atomic E-state index is 10.7. The number of rotatable bonds is 1. The summed E-state index contributed by atoms with van der Waals surface area (Å²) >= 11 is 5.80. The number of oxazole rings is 1. The van der Waals surface area contributed by atoms with Crippen LogP contribution >= 0.6 is 11.6 Å². The van der Waals surface area contributed by atoms with Crippen molar-refractivity contribution in [3.8, 4) is 0 Å². The third-order valence-electron chi connectivity index (χ3n) is 1.58. The van der Waals surface area contributed by atoms with E-state index in [1.54, 1.807) is 18.2 Å². The molecule has 1 aromatic heterocycles. The molecule has 2 rings (SSSR count). The van der Waals surface area contributed by atoms with Gasteiger partial charge >= 0.3 is 5.91 Å². The standard InChI is InChI=1S/C8H5ClN2O2/c9-4-2-1-3-5-6(4)11-8(13-5)7(10)12/h1-3H,(H2,10,12). The summed E-state index contributed by atoms with van der Waals surface area (Å²) in [6, 6.07) is 5.04. The number of hydrogen-bond acceptors (Lipinski definition) is 3. The molecular weight excluding hydrogens is 192 g/mol. The molecule has 0 bridgehead atoms. The van der Waals surface area contributed by atoms with Gasteiger partial charge in [-0.15, -0.1) is 0 Å². The molecule has 0 unspecified atom stereocenters. The first-order valence-electron chi connectivity index (χ1n) is 3.53. The van der Waals surface area contributed by atoms with Crippen LogP contribution in [0.5, 0.6) is 0 Å². The number of amides is 1. The number of halogens is 1. The number of nitrogens with zero attached hydrogens (tertiary/aromatic N) is 1. The van der Waals surface area contributed by atoms with Gasteiger partial charge in [-0.05, 0) is 12.1 Å². The van der Waals surface area contributed by atoms with Crippen LogP contribution in [0.1, 0.15) is 10.7 Å². The van der Waals surface area contributed by atoms with Gasteiger partial charge in [0.25, 0.3) is 5.89 Å². The third-order valence-corrected chi connectivity index (χ3v) is 1.89. The molecule has 13 heavy (non-hydrogen) atoms. The van der Waals surface area contributed by atoms with Crippen molar-refractivity contribution in [2.75, 3.05) is 0 Å². The highest BCUT2D eigenvalue weighted by Gasteiger charge is 2.11. The van der Waals surface area contributed by atoms with E-state index in [2.05, 4.69) is 4.98 Å². The average molecular weight is 197 g/mol. The van der Waals surface area contributed by atoms with Crippen molar-refractivity contribution in [1.29, 1.82) is 0 Å². The average Bonchev–Trinajstić information content (AvgIpc) is 2.49. The number of para-hydroxylation sites is 1. The van der Waals surface area contributed by atoms with E-state index in [0.29, 0.717) is 16.1 Å². The Morgan fingerprint density at radius 1 is 1.54 bits per heavy atom. The van der Waals surface area contributed by atoms with Crippen LogP contribution in [0.4, 0.5) is 0 Å². The van der Waals surface area contributed by atoms with Gasteiger partial charge in [0.2, 0.25) is 0 Å². The van der Waals surface area contributed by atoms with E-state index in [-0.39, 0.29) is 5.89 Å². The molecule has 5 heteroatoms. The summed E-state index contributed by atoms with van der Waals surface area (Å²) in [6.45, 7) is 0. The molecule has 0 atom stereocenters. The highest BCUT2D eigenvalue weighted by molar-refractivity contribution is 6.34. The minimum atomic E-state index is -0.702. The number of primary amides is 1. The van der Waals surface area contributed by atoms with Gasteiger partial charge in [0.05, 0.1) is 5.02 Å². The van der Waals surface area contributed by atoms with Gasteiger partial charge in [-0.2, -0.15) is 0 Å². The summed E-state index contributed by atoms with van der Waals surface area (Å²) in [7, 11) is 0. The Balaban J connectivity index is 2.75. The molecule has 1 amide bonds. The largest absolute Gasteiger partial charge is 0.432 e. The number of carbonyl (C=O) groups excluding carboxylic acids is 1. The minimum absolute atomic E-state index is 0.122. The fourth-order valence-electron chi connectivity index (χ4n) is 1.02. The summed E-state index contributed by atoms with van der Waals surface area (Å²) in [5, 5.41) is 0.439. The maximum atomic E-state index is 10.7. The van der Waals surface area contributed by atoms with E-state index in [1.807, 2.05) is 0 Å². The molecule has 1 aromatic carbocycles. The Morgan fingerprint density at radius 3 is 2.92 bits per heavy atom. The molecule has 0 spiro atoms. The Bertz CT molecular complexity index is 478. The van der Waals surface area contributed by atoms with Crippen LogP contribution in [0.3, 0.4) is 0 Å². The molecular formula is C8H5ClN2O2. The highest BCUT2D eigenvalue weighted by Crippen LogP contribution is 2.22. The minimum Gasteiger partial charge on any atom is -0.432 e. The predicted octanol–water partition coefficient (Wildman–Crippen LogP) is 1.58. The predicted molar refractivity (Wildman–Crippen MR) is 47.5 cm³/mol. The summed E-state index contributed by atoms with van der Waals surface area (Å²) in [6.07, 6.45) is 0. The first-order chi connectivity index (χ1) is 6.18. The lowest BCUT2D eigenvalue weighted by Gasteiger charge is -1.86. The van der Waals surface area contributed by atoms with Gasteiger partial charge in [-0.25, -0.2) is 4.98 Å². The van der Waals surface area contributed by atoms with Crippen LogP contribution in [0.15, 0.2) is 22.6 Å². The van der Waals surface area contributed by atoms with Crippen molar-refractivity contribution in [3.05, 3.63) is 29.1 Å². The Hall–Kier alpha value is -1.55. The zero-order chi connectivity index (χ0) is 9.42. The molecule has 0 saturated carbocycles. The SMILES string of the molecule is NC(=O)c1nc2c(Cl)cccc2o1. The molecule has 0 aliphatic carbocycles. The fourth-order valence-corrected chi connectivity index (χ4v) is 1.23. The molecule has 0 saturated heterocycles. The summed E-state index contributed by atoms with van der Waals surface area (Å²) in [5.74, 6) is -0.824. The number of aromatic nitrogens is 1. The lowest BCUT2D eigenvalue weighted by Crippen LogP contribution is -2.10. The van der Waals surface area contributed by atoms with Crippen LogP contribution < -0.4 is 5.73 Å². The quantitative estimate of drug-likeness (QED) is 0.753. The van der Waals surface area contributed by atoms with Crippen molar-refractivity contribution in [3.63, 3.8) is 0 Å². The number of hydrogen-bond donors (Lipinski definition) is 1. The van der Waals surface area contributed by atoms with Crippen LogP contribution in [0.25, 0.3) is 11.1 Å². The maximum Gasteiger partial charge on any atom is 0.304 e. The van der Waals surface area contributed by atoms with Crippen molar-refractivity contribution < 1.29 is 9.21 Å². The zero-order valence-corrected chi connectivity index (χ0v) is 7.21. The second-order valence-corrected chi connectivity index (χ2v) is 2.88. The van der Waals surface area contributed by atoms with Crippen LogP contribution in [-0.2, 0) is 0 Å². The summed E-state index contributed by atoms with van der Waals surface area (Å²) in [4.78, 5) is 14.5. The second-order valence-electron chi connectivity index (χ2n) is 2.47. The molecule has 0 fully saturated rings. The molecule has 4 nitrogen and oxygen atoms in total. The van der Waals surface area contributed by atoms with Crippen molar-refractivity contribution in [2.24, 2.45) is 5.73 Å². The number of benzene rings is 1. The van der Waals surface area contributed by atoms with Crippen LogP contribution in [0.2, 0.25) is 5.02 Å². The lowest BCUT2D eigenvalue weighted by molar-refractivity contribution is 0.0969. The van der Waals surface area contributed by atoms with Crippen molar-refractivity contribution in [2.45, 2.75) is 0 Å². The van der Waals surface area contributed by atoms with Gasteiger partial charge < -0.3 is 10.2 Å². The fraction of sp³-hybridized carbons (Fsp3) is 0. The second kappa shape index (κ2) is 2.74. The molecule has 1 heterocycles. The smallest absolute Gasteiger partial charge is 0.304 e. The summed E-state index contributed by atoms with van der Waals surface area (Å²) in [5.41, 5.74) is 5.91. The van der Waals surface area contributed by atoms with Crippen molar-refractivity contribution in [1.82, 2.24) is 4.98 Å². The number of nitrogens with two attached hydrogens (primary N) is 1. The van der Waals surface area contributed by atoms with Gasteiger partial charge in [-0.3, -0.25) is 4.79 Å². The van der Waals surface area contributed by atoms with E-state index in [1.165, 1.54) is 0 Å². The third kappa shape index (κ3) is 1.25. The summed E-state index contributed by atoms with van der Waals surface area (Å²) < 4.78 is 5.04. The van der Waals surface area contributed by atoms with E-state index < -0.39 is 5.91 Å². The normalized spacial score (nSPS) is 10.5. The van der Waals surface area contributed by atoms with Gasteiger partial charge in [0.1, 0.15) is 5.52 Å². The van der Waals surface area contributed by atoms with E-state index in [9.17, 15) is 4.79 Å². The Labute approximate surface area is 78.3 Å². The molecule has 2 aromatic rings. The topological polar surface area (TPSA) is 69.1 Å². The first-order valence-corrected chi connectivity index (χ1v) is 3.91. The molecule has 0 radical (unpaired) electrons. The van der Waals surface area contributed by atoms with E-state index in [0.717, 1.165) is 0 Å². The van der Waals surface area contributed by atoms with Crippen molar-refractivity contribution >= 4 is 28.6 Å². The Kier molecular flexibility index (Phi) is 1.70. The monoisotopic (exact) mass is 196 g/mol. The van der Waals surface area contributed by atoms with Gasteiger partial charge in [-0.1, -0.05) is 17.7 Å². The van der Waals surface area contributed by atoms with Crippen LogP contribution in [-0.4, -0.2) is 10.9 Å².